The van der Waals surface area contributed by atoms with E-state index in [9.17, 15) is 9.59 Å². The maximum atomic E-state index is 11.8. The second-order valence-electron chi connectivity index (χ2n) is 4.95. The summed E-state index contributed by atoms with van der Waals surface area (Å²) in [6, 6.07) is 2.85. The van der Waals surface area contributed by atoms with Crippen molar-refractivity contribution in [3.63, 3.8) is 0 Å². The Morgan fingerprint density at radius 3 is 2.59 bits per heavy atom. The summed E-state index contributed by atoms with van der Waals surface area (Å²) in [5, 5.41) is 8.95. The normalized spacial score (nSPS) is 28.2. The van der Waals surface area contributed by atoms with Gasteiger partial charge in [-0.1, -0.05) is 13.8 Å². The summed E-state index contributed by atoms with van der Waals surface area (Å²) in [7, 11) is 0. The number of hydrogen-bond donors (Lipinski definition) is 1. The van der Waals surface area contributed by atoms with Crippen LogP contribution in [0.4, 0.5) is 0 Å². The number of carboxylic acid groups (broad SMARTS) is 1. The smallest absolute Gasteiger partial charge is 0.337 e. The van der Waals surface area contributed by atoms with E-state index >= 15 is 0 Å². The van der Waals surface area contributed by atoms with Crippen LogP contribution in [0, 0.1) is 11.8 Å². The lowest BCUT2D eigenvalue weighted by atomic mass is 9.97. The first kappa shape index (κ1) is 11.9. The molecule has 0 aliphatic heterocycles. The minimum Gasteiger partial charge on any atom is -0.478 e. The molecule has 1 aromatic rings. The van der Waals surface area contributed by atoms with Crippen molar-refractivity contribution in [1.29, 1.82) is 0 Å². The topological polar surface area (TPSA) is 59.3 Å². The number of carboxylic acids is 1. The molecular formula is C13H17NO3. The number of hydrogen-bond acceptors (Lipinski definition) is 2. The molecule has 3 unspecified atom stereocenters. The molecule has 0 amide bonds. The third-order valence-electron chi connectivity index (χ3n) is 3.96. The van der Waals surface area contributed by atoms with Crippen LogP contribution in [-0.2, 0) is 0 Å². The summed E-state index contributed by atoms with van der Waals surface area (Å²) in [5.41, 5.74) is 0.0669. The average molecular weight is 235 g/mol. The first-order chi connectivity index (χ1) is 8.00. The van der Waals surface area contributed by atoms with E-state index in [0.717, 1.165) is 12.8 Å². The molecule has 1 fully saturated rings. The van der Waals surface area contributed by atoms with E-state index < -0.39 is 5.97 Å². The van der Waals surface area contributed by atoms with Crippen molar-refractivity contribution in [1.82, 2.24) is 4.57 Å². The molecule has 2 rings (SSSR count). The maximum Gasteiger partial charge on any atom is 0.337 e. The number of pyridine rings is 1. The highest BCUT2D eigenvalue weighted by Crippen LogP contribution is 2.38. The van der Waals surface area contributed by atoms with E-state index in [1.807, 2.05) is 0 Å². The van der Waals surface area contributed by atoms with Crippen molar-refractivity contribution in [2.75, 3.05) is 0 Å². The summed E-state index contributed by atoms with van der Waals surface area (Å²) >= 11 is 0. The molecule has 1 saturated carbocycles. The zero-order valence-electron chi connectivity index (χ0n) is 10.1. The van der Waals surface area contributed by atoms with Crippen molar-refractivity contribution in [3.8, 4) is 0 Å². The zero-order chi connectivity index (χ0) is 12.6. The van der Waals surface area contributed by atoms with Gasteiger partial charge in [0.15, 0.2) is 0 Å². The van der Waals surface area contributed by atoms with Crippen LogP contribution in [0.15, 0.2) is 23.1 Å². The van der Waals surface area contributed by atoms with E-state index in [1.54, 1.807) is 4.57 Å². The predicted molar refractivity (Wildman–Crippen MR) is 64.3 cm³/mol. The summed E-state index contributed by atoms with van der Waals surface area (Å²) in [5.74, 6) is 0.00887. The second-order valence-corrected chi connectivity index (χ2v) is 4.95. The van der Waals surface area contributed by atoms with Gasteiger partial charge in [-0.05, 0) is 30.7 Å². The highest BCUT2D eigenvalue weighted by Gasteiger charge is 2.31. The lowest BCUT2D eigenvalue weighted by Gasteiger charge is -2.21. The van der Waals surface area contributed by atoms with E-state index in [4.69, 9.17) is 5.11 Å². The second kappa shape index (κ2) is 4.35. The molecule has 92 valence electrons. The van der Waals surface area contributed by atoms with Gasteiger partial charge >= 0.3 is 5.97 Å². The molecule has 4 heteroatoms. The Morgan fingerprint density at radius 1 is 1.35 bits per heavy atom. The molecule has 0 saturated heterocycles. The molecule has 1 aromatic heterocycles. The van der Waals surface area contributed by atoms with Gasteiger partial charge in [0, 0.05) is 18.3 Å². The fourth-order valence-electron chi connectivity index (χ4n) is 2.62. The minimum absolute atomic E-state index is 0.110. The molecule has 3 atom stereocenters. The van der Waals surface area contributed by atoms with Crippen molar-refractivity contribution in [2.24, 2.45) is 11.8 Å². The number of carbonyl (C=O) groups is 1. The number of rotatable bonds is 2. The third-order valence-corrected chi connectivity index (χ3v) is 3.96. The van der Waals surface area contributed by atoms with E-state index in [2.05, 4.69) is 13.8 Å². The molecule has 17 heavy (non-hydrogen) atoms. The fourth-order valence-corrected chi connectivity index (χ4v) is 2.62. The van der Waals surface area contributed by atoms with Crippen LogP contribution in [0.3, 0.4) is 0 Å². The van der Waals surface area contributed by atoms with Gasteiger partial charge in [-0.2, -0.15) is 0 Å². The number of aromatic carboxylic acids is 1. The Morgan fingerprint density at radius 2 is 2.06 bits per heavy atom. The Labute approximate surface area is 99.9 Å². The van der Waals surface area contributed by atoms with Crippen LogP contribution in [-0.4, -0.2) is 15.6 Å². The van der Waals surface area contributed by atoms with Crippen molar-refractivity contribution < 1.29 is 9.90 Å². The highest BCUT2D eigenvalue weighted by molar-refractivity contribution is 5.87. The molecule has 1 N–H and O–H groups in total. The SMILES string of the molecule is CC1CCC(n2cc(C(=O)O)ccc2=O)C1C. The Balaban J connectivity index is 2.41. The summed E-state index contributed by atoms with van der Waals surface area (Å²) in [4.78, 5) is 22.7. The largest absolute Gasteiger partial charge is 0.478 e. The number of nitrogens with zero attached hydrogens (tertiary/aromatic N) is 1. The number of aromatic nitrogens is 1. The summed E-state index contributed by atoms with van der Waals surface area (Å²) in [6.07, 6.45) is 3.52. The summed E-state index contributed by atoms with van der Waals surface area (Å²) < 4.78 is 1.59. The molecular weight excluding hydrogens is 218 g/mol. The van der Waals surface area contributed by atoms with Gasteiger partial charge in [0.2, 0.25) is 0 Å². The Hall–Kier alpha value is -1.58. The van der Waals surface area contributed by atoms with Gasteiger partial charge in [-0.15, -0.1) is 0 Å². The molecule has 0 bridgehead atoms. The third kappa shape index (κ3) is 2.12. The Bertz CT molecular complexity index is 492. The Kier molecular flexibility index (Phi) is 3.05. The molecule has 4 nitrogen and oxygen atoms in total. The van der Waals surface area contributed by atoms with Crippen molar-refractivity contribution in [2.45, 2.75) is 32.7 Å². The summed E-state index contributed by atoms with van der Waals surface area (Å²) in [6.45, 7) is 4.30. The van der Waals surface area contributed by atoms with Crippen LogP contribution < -0.4 is 5.56 Å². The quantitative estimate of drug-likeness (QED) is 0.854. The van der Waals surface area contributed by atoms with Crippen LogP contribution in [0.25, 0.3) is 0 Å². The molecule has 0 aromatic carbocycles. The average Bonchev–Trinajstić information content (AvgIpc) is 2.60. The van der Waals surface area contributed by atoms with Gasteiger partial charge in [0.25, 0.3) is 5.56 Å². The molecule has 0 spiro atoms. The van der Waals surface area contributed by atoms with Gasteiger partial charge in [0.05, 0.1) is 5.56 Å². The zero-order valence-corrected chi connectivity index (χ0v) is 10.1. The minimum atomic E-state index is -0.988. The fraction of sp³-hybridized carbons (Fsp3) is 0.538. The lowest BCUT2D eigenvalue weighted by Crippen LogP contribution is -2.27. The van der Waals surface area contributed by atoms with E-state index in [0.29, 0.717) is 11.8 Å². The highest BCUT2D eigenvalue weighted by atomic mass is 16.4. The van der Waals surface area contributed by atoms with Gasteiger partial charge in [-0.3, -0.25) is 4.79 Å². The molecule has 1 aliphatic carbocycles. The lowest BCUT2D eigenvalue weighted by molar-refractivity contribution is 0.0695. The van der Waals surface area contributed by atoms with Gasteiger partial charge in [0.1, 0.15) is 0 Å². The van der Waals surface area contributed by atoms with E-state index in [1.165, 1.54) is 18.3 Å². The monoisotopic (exact) mass is 235 g/mol. The molecule has 1 aliphatic rings. The first-order valence-corrected chi connectivity index (χ1v) is 5.96. The predicted octanol–water partition coefficient (Wildman–Crippen LogP) is 2.15. The van der Waals surface area contributed by atoms with Crippen LogP contribution in [0.1, 0.15) is 43.1 Å². The maximum absolute atomic E-state index is 11.8. The van der Waals surface area contributed by atoms with Crippen molar-refractivity contribution in [3.05, 3.63) is 34.2 Å². The van der Waals surface area contributed by atoms with Crippen LogP contribution in [0.5, 0.6) is 0 Å². The van der Waals surface area contributed by atoms with Crippen molar-refractivity contribution >= 4 is 5.97 Å². The molecule has 0 radical (unpaired) electrons. The van der Waals surface area contributed by atoms with Crippen LogP contribution >= 0.6 is 0 Å². The molecule has 1 heterocycles. The standard InChI is InChI=1S/C13H17NO3/c1-8-3-5-11(9(8)2)14-7-10(13(16)17)4-6-12(14)15/h4,6-9,11H,3,5H2,1-2H3,(H,16,17). The van der Waals surface area contributed by atoms with Crippen LogP contribution in [0.2, 0.25) is 0 Å². The van der Waals surface area contributed by atoms with Gasteiger partial charge in [-0.25, -0.2) is 4.79 Å². The van der Waals surface area contributed by atoms with Gasteiger partial charge < -0.3 is 9.67 Å². The van der Waals surface area contributed by atoms with E-state index in [-0.39, 0.29) is 17.2 Å². The first-order valence-electron chi connectivity index (χ1n) is 5.96.